The van der Waals surface area contributed by atoms with Crippen molar-refractivity contribution in [1.82, 2.24) is 15.0 Å². The van der Waals surface area contributed by atoms with E-state index in [-0.39, 0.29) is 0 Å². The second-order valence-corrected chi connectivity index (χ2v) is 5.68. The molecule has 1 N–H and O–H groups in total. The zero-order valence-electron chi connectivity index (χ0n) is 11.6. The number of methoxy groups -OCH3 is 1. The molecule has 0 spiro atoms. The maximum atomic E-state index is 5.32. The highest BCUT2D eigenvalue weighted by atomic mass is 32.2. The van der Waals surface area contributed by atoms with Crippen LogP contribution in [0.15, 0.2) is 23.4 Å². The van der Waals surface area contributed by atoms with Crippen LogP contribution in [0, 0.1) is 6.92 Å². The lowest BCUT2D eigenvalue weighted by Gasteiger charge is -2.07. The number of pyridine rings is 1. The van der Waals surface area contributed by atoms with Gasteiger partial charge in [-0.2, -0.15) is 0 Å². The fourth-order valence-corrected chi connectivity index (χ4v) is 3.16. The van der Waals surface area contributed by atoms with Crippen LogP contribution in [0.25, 0.3) is 6.08 Å². The molecule has 0 saturated carbocycles. The Labute approximate surface area is 122 Å². The topological polar surface area (TPSA) is 50.8 Å². The summed E-state index contributed by atoms with van der Waals surface area (Å²) in [4.78, 5) is 12.4. The molecule has 20 heavy (non-hydrogen) atoms. The number of imidazole rings is 1. The predicted octanol–water partition coefficient (Wildman–Crippen LogP) is 3.37. The monoisotopic (exact) mass is 287 g/mol. The van der Waals surface area contributed by atoms with Crippen LogP contribution < -0.4 is 4.74 Å². The second-order valence-electron chi connectivity index (χ2n) is 4.72. The Morgan fingerprint density at radius 2 is 2.35 bits per heavy atom. The van der Waals surface area contributed by atoms with Gasteiger partial charge < -0.3 is 9.72 Å². The highest BCUT2D eigenvalue weighted by Crippen LogP contribution is 2.29. The molecule has 3 rings (SSSR count). The minimum atomic E-state index is 0.793. The maximum Gasteiger partial charge on any atom is 0.125 e. The zero-order valence-corrected chi connectivity index (χ0v) is 12.5. The van der Waals surface area contributed by atoms with Crippen LogP contribution in [-0.4, -0.2) is 22.1 Å². The first-order valence-electron chi connectivity index (χ1n) is 6.64. The standard InChI is InChI=1S/C15H17N3OS/c1-10-13(19-2)7-8-16-15(10)20-9-14-17-11-5-3-4-6-12(11)18-14/h3,5,7-8H,4,6,9H2,1-2H3,(H,17,18). The number of aromatic amines is 1. The van der Waals surface area contributed by atoms with Gasteiger partial charge in [-0.1, -0.05) is 17.8 Å². The molecule has 0 unspecified atom stereocenters. The number of nitrogens with one attached hydrogen (secondary N) is 1. The maximum absolute atomic E-state index is 5.32. The van der Waals surface area contributed by atoms with Gasteiger partial charge in [0.25, 0.3) is 0 Å². The molecule has 2 aromatic heterocycles. The largest absolute Gasteiger partial charge is 0.496 e. The number of ether oxygens (including phenoxy) is 1. The molecule has 0 aliphatic heterocycles. The number of aromatic nitrogens is 3. The number of allylic oxidation sites excluding steroid dienone is 1. The molecule has 0 aromatic carbocycles. The summed E-state index contributed by atoms with van der Waals surface area (Å²) in [6.45, 7) is 2.03. The summed E-state index contributed by atoms with van der Waals surface area (Å²) >= 11 is 1.68. The van der Waals surface area contributed by atoms with Gasteiger partial charge in [0, 0.05) is 17.5 Å². The van der Waals surface area contributed by atoms with Gasteiger partial charge in [0.05, 0.1) is 18.6 Å². The van der Waals surface area contributed by atoms with Crippen LogP contribution in [0.5, 0.6) is 5.75 Å². The summed E-state index contributed by atoms with van der Waals surface area (Å²) in [5, 5.41) is 0.995. The quantitative estimate of drug-likeness (QED) is 0.876. The highest BCUT2D eigenvalue weighted by Gasteiger charge is 2.12. The summed E-state index contributed by atoms with van der Waals surface area (Å²) in [5.41, 5.74) is 3.41. The van der Waals surface area contributed by atoms with Crippen molar-refractivity contribution in [3.05, 3.63) is 41.1 Å². The molecule has 0 radical (unpaired) electrons. The first-order chi connectivity index (χ1) is 9.78. The Hall–Kier alpha value is -1.75. The first-order valence-corrected chi connectivity index (χ1v) is 7.63. The molecule has 5 heteroatoms. The number of hydrogen-bond acceptors (Lipinski definition) is 4. The molecular formula is C15H17N3OS. The number of aryl methyl sites for hydroxylation is 1. The minimum absolute atomic E-state index is 0.793. The Balaban J connectivity index is 1.73. The van der Waals surface area contributed by atoms with Crippen LogP contribution in [0.3, 0.4) is 0 Å². The molecule has 0 saturated heterocycles. The molecule has 2 heterocycles. The van der Waals surface area contributed by atoms with Crippen LogP contribution in [0.2, 0.25) is 0 Å². The minimum Gasteiger partial charge on any atom is -0.496 e. The van der Waals surface area contributed by atoms with Gasteiger partial charge in [0.2, 0.25) is 0 Å². The lowest BCUT2D eigenvalue weighted by atomic mass is 10.1. The van der Waals surface area contributed by atoms with Gasteiger partial charge in [-0.3, -0.25) is 0 Å². The number of fused-ring (bicyclic) bond motifs is 1. The van der Waals surface area contributed by atoms with Crippen LogP contribution in [0.1, 0.15) is 29.2 Å². The van der Waals surface area contributed by atoms with Gasteiger partial charge in [-0.15, -0.1) is 0 Å². The second kappa shape index (κ2) is 5.71. The summed E-state index contributed by atoms with van der Waals surface area (Å²) in [7, 11) is 1.68. The van der Waals surface area contributed by atoms with Gasteiger partial charge >= 0.3 is 0 Å². The summed E-state index contributed by atoms with van der Waals surface area (Å²) in [6, 6.07) is 1.88. The van der Waals surface area contributed by atoms with Crippen molar-refractivity contribution in [3.8, 4) is 5.75 Å². The van der Waals surface area contributed by atoms with Crippen molar-refractivity contribution in [2.24, 2.45) is 0 Å². The van der Waals surface area contributed by atoms with Gasteiger partial charge in [-0.05, 0) is 31.9 Å². The third kappa shape index (κ3) is 2.58. The molecule has 0 fully saturated rings. The number of thioether (sulfide) groups is 1. The third-order valence-corrected chi connectivity index (χ3v) is 4.47. The van der Waals surface area contributed by atoms with E-state index < -0.39 is 0 Å². The molecule has 0 bridgehead atoms. The van der Waals surface area contributed by atoms with Gasteiger partial charge in [0.15, 0.2) is 0 Å². The fourth-order valence-electron chi connectivity index (χ4n) is 2.30. The Bertz CT molecular complexity index is 649. The van der Waals surface area contributed by atoms with E-state index in [0.29, 0.717) is 0 Å². The smallest absolute Gasteiger partial charge is 0.125 e. The van der Waals surface area contributed by atoms with Crippen LogP contribution >= 0.6 is 11.8 Å². The number of rotatable bonds is 4. The molecular weight excluding hydrogens is 270 g/mol. The van der Waals surface area contributed by atoms with E-state index in [4.69, 9.17) is 4.74 Å². The SMILES string of the molecule is COc1ccnc(SCc2nc3c([nH]2)CCC=C3)c1C. The molecule has 0 amide bonds. The van der Waals surface area contributed by atoms with E-state index in [0.717, 1.165) is 46.5 Å². The molecule has 2 aromatic rings. The summed E-state index contributed by atoms with van der Waals surface area (Å²) in [5.74, 6) is 2.68. The van der Waals surface area contributed by atoms with E-state index >= 15 is 0 Å². The normalized spacial score (nSPS) is 13.3. The lowest BCUT2D eigenvalue weighted by molar-refractivity contribution is 0.409. The van der Waals surface area contributed by atoms with Crippen molar-refractivity contribution >= 4 is 17.8 Å². The van der Waals surface area contributed by atoms with E-state index in [9.17, 15) is 0 Å². The number of H-pyrrole nitrogens is 1. The van der Waals surface area contributed by atoms with Gasteiger partial charge in [-0.25, -0.2) is 9.97 Å². The van der Waals surface area contributed by atoms with Crippen LogP contribution in [0.4, 0.5) is 0 Å². The van der Waals surface area contributed by atoms with E-state index in [1.54, 1.807) is 25.1 Å². The van der Waals surface area contributed by atoms with Gasteiger partial charge in [0.1, 0.15) is 16.6 Å². The highest BCUT2D eigenvalue weighted by molar-refractivity contribution is 7.98. The molecule has 1 aliphatic carbocycles. The lowest BCUT2D eigenvalue weighted by Crippen LogP contribution is -1.93. The average Bonchev–Trinajstić information content (AvgIpc) is 2.89. The van der Waals surface area contributed by atoms with Crippen molar-refractivity contribution in [2.45, 2.75) is 30.5 Å². The zero-order chi connectivity index (χ0) is 13.9. The Morgan fingerprint density at radius 1 is 1.45 bits per heavy atom. The van der Waals surface area contributed by atoms with Crippen molar-refractivity contribution in [1.29, 1.82) is 0 Å². The van der Waals surface area contributed by atoms with Crippen molar-refractivity contribution in [3.63, 3.8) is 0 Å². The fraction of sp³-hybridized carbons (Fsp3) is 0.333. The van der Waals surface area contributed by atoms with E-state index in [1.165, 1.54) is 5.69 Å². The average molecular weight is 287 g/mol. The molecule has 1 aliphatic rings. The van der Waals surface area contributed by atoms with E-state index in [2.05, 4.69) is 27.1 Å². The van der Waals surface area contributed by atoms with Crippen LogP contribution in [-0.2, 0) is 12.2 Å². The molecule has 104 valence electrons. The first kappa shape index (κ1) is 13.2. The molecule has 4 nitrogen and oxygen atoms in total. The van der Waals surface area contributed by atoms with Crippen molar-refractivity contribution in [2.75, 3.05) is 7.11 Å². The van der Waals surface area contributed by atoms with Crippen molar-refractivity contribution < 1.29 is 4.74 Å². The predicted molar refractivity (Wildman–Crippen MR) is 81.0 cm³/mol. The Morgan fingerprint density at radius 3 is 3.15 bits per heavy atom. The van der Waals surface area contributed by atoms with E-state index in [1.807, 2.05) is 13.0 Å². The molecule has 0 atom stereocenters. The summed E-state index contributed by atoms with van der Waals surface area (Å²) in [6.07, 6.45) is 8.20. The Kier molecular flexibility index (Phi) is 3.78. The summed E-state index contributed by atoms with van der Waals surface area (Å²) < 4.78 is 5.32. The number of hydrogen-bond donors (Lipinski definition) is 1. The third-order valence-electron chi connectivity index (χ3n) is 3.37. The number of nitrogens with zero attached hydrogens (tertiary/aromatic N) is 2.